The Morgan fingerprint density at radius 1 is 0.794 bits per heavy atom. The van der Waals surface area contributed by atoms with E-state index in [-0.39, 0.29) is 62.8 Å². The number of amides is 3. The normalized spacial score (nSPS) is 22.9. The summed E-state index contributed by atoms with van der Waals surface area (Å²) in [6.45, 7) is 2.82. The molecule has 0 aliphatic carbocycles. The molecule has 3 atom stereocenters. The van der Waals surface area contributed by atoms with Crippen LogP contribution in [0.1, 0.15) is 29.6 Å². The zero-order chi connectivity index (χ0) is 45.3. The van der Waals surface area contributed by atoms with Crippen LogP contribution in [0, 0.1) is 11.3 Å². The topological polar surface area (TPSA) is 244 Å². The summed E-state index contributed by atoms with van der Waals surface area (Å²) in [6.07, 6.45) is 2.21. The molecule has 22 heteroatoms. The Labute approximate surface area is 362 Å². The number of nitrogens with one attached hydrogen (secondary N) is 1. The van der Waals surface area contributed by atoms with E-state index in [1.807, 2.05) is 9.80 Å². The summed E-state index contributed by atoms with van der Waals surface area (Å²) in [6, 6.07) is 7.25. The number of carboxylic acids is 3. The van der Waals surface area contributed by atoms with Crippen molar-refractivity contribution in [1.29, 1.82) is 5.26 Å². The van der Waals surface area contributed by atoms with E-state index in [2.05, 4.69) is 15.2 Å². The fourth-order valence-electron chi connectivity index (χ4n) is 8.81. The minimum Gasteiger partial charge on any atom is -0.494 e. The number of benzene rings is 1. The van der Waals surface area contributed by atoms with Gasteiger partial charge in [0, 0.05) is 102 Å². The number of piperazine rings is 1. The SMILES string of the molecule is N#C[C@@H]1CC(F)(F)CN1C(=O)CNC(=O)c1ccnc2ccc(OCCCN3C[C@@H]4C[C@H]3CN4C(=O)CN3CCN(CC(=O)O)CCN(CC(=O)O)CCN(CC(=O)O)CC3)cc12. The van der Waals surface area contributed by atoms with Crippen LogP contribution in [0.5, 0.6) is 5.75 Å². The number of aromatic nitrogens is 1. The Bertz CT molecular complexity index is 2030. The first-order valence-corrected chi connectivity index (χ1v) is 21.0. The lowest BCUT2D eigenvalue weighted by Gasteiger charge is -2.36. The molecule has 0 unspecified atom stereocenters. The fraction of sp³-hybridized carbons (Fsp3) is 0.610. The van der Waals surface area contributed by atoms with Gasteiger partial charge in [0.1, 0.15) is 11.8 Å². The second-order valence-electron chi connectivity index (χ2n) is 16.5. The van der Waals surface area contributed by atoms with Crippen LogP contribution in [-0.4, -0.2) is 232 Å². The molecule has 1 aromatic heterocycles. The standard InChI is InChI=1S/C41H54F2N10O10/c42-41(43)18-30(19-44)53(27-41)35(54)20-46-40(62)32-4-5-45-34-3-2-31(17-33(32)34)63-15-1-6-51-21-29-16-28(51)22-52(29)36(55)23-47-7-9-48(24-37(56)57)11-13-50(26-39(60)61)14-12-49(10-8-47)25-38(58)59/h2-5,17,28-30H,1,6-16,18,20-27H2,(H,46,62)(H,56,57)(H,58,59)(H,60,61)/t28-,29-,30-/m0/s1. The lowest BCUT2D eigenvalue weighted by Crippen LogP contribution is -2.53. The molecular weight excluding hydrogens is 831 g/mol. The Hall–Kier alpha value is -5.60. The minimum absolute atomic E-state index is 0.0278. The van der Waals surface area contributed by atoms with E-state index < -0.39 is 61.2 Å². The molecule has 4 fully saturated rings. The predicted octanol–water partition coefficient (Wildman–Crippen LogP) is -0.746. The Morgan fingerprint density at radius 2 is 1.38 bits per heavy atom. The highest BCUT2D eigenvalue weighted by atomic mass is 19.3. The van der Waals surface area contributed by atoms with Gasteiger partial charge in [-0.05, 0) is 37.1 Å². The van der Waals surface area contributed by atoms with Crippen molar-refractivity contribution in [3.05, 3.63) is 36.0 Å². The highest BCUT2D eigenvalue weighted by Gasteiger charge is 2.47. The summed E-state index contributed by atoms with van der Waals surface area (Å²) < 4.78 is 33.7. The van der Waals surface area contributed by atoms with E-state index in [1.54, 1.807) is 39.0 Å². The average Bonchev–Trinajstić information content (AvgIpc) is 3.93. The van der Waals surface area contributed by atoms with Gasteiger partial charge in [-0.2, -0.15) is 5.26 Å². The van der Waals surface area contributed by atoms with Gasteiger partial charge in [0.05, 0.1) is 63.0 Å². The smallest absolute Gasteiger partial charge is 0.317 e. The van der Waals surface area contributed by atoms with Crippen LogP contribution in [0.15, 0.2) is 30.5 Å². The number of nitriles is 1. The largest absolute Gasteiger partial charge is 0.494 e. The molecule has 342 valence electrons. The molecule has 4 N–H and O–H groups in total. The van der Waals surface area contributed by atoms with Gasteiger partial charge < -0.3 is 35.2 Å². The van der Waals surface area contributed by atoms with Crippen molar-refractivity contribution in [2.45, 2.75) is 43.3 Å². The lowest BCUT2D eigenvalue weighted by molar-refractivity contribution is -0.141. The molecule has 20 nitrogen and oxygen atoms in total. The molecule has 0 saturated carbocycles. The predicted molar refractivity (Wildman–Crippen MR) is 219 cm³/mol. The van der Waals surface area contributed by atoms with Gasteiger partial charge in [-0.1, -0.05) is 0 Å². The fourth-order valence-corrected chi connectivity index (χ4v) is 8.81. The molecule has 0 radical (unpaired) electrons. The quantitative estimate of drug-likeness (QED) is 0.152. The first-order chi connectivity index (χ1) is 30.1. The number of rotatable bonds is 16. The van der Waals surface area contributed by atoms with Crippen LogP contribution in [0.25, 0.3) is 10.9 Å². The Kier molecular flexibility index (Phi) is 15.8. The van der Waals surface area contributed by atoms with Crippen LogP contribution < -0.4 is 10.1 Å². The third-order valence-corrected chi connectivity index (χ3v) is 12.0. The van der Waals surface area contributed by atoms with Crippen LogP contribution in [0.4, 0.5) is 8.78 Å². The maximum absolute atomic E-state index is 13.8. The lowest BCUT2D eigenvalue weighted by atomic mass is 10.1. The molecule has 1 aromatic carbocycles. The minimum atomic E-state index is -3.17. The number of hydrogen-bond acceptors (Lipinski definition) is 14. The molecule has 4 aliphatic rings. The highest BCUT2D eigenvalue weighted by molar-refractivity contribution is 6.07. The number of fused-ring (bicyclic) bond motifs is 3. The third-order valence-electron chi connectivity index (χ3n) is 12.0. The number of hydrogen-bond donors (Lipinski definition) is 4. The molecular formula is C41H54F2N10O10. The average molecular weight is 885 g/mol. The van der Waals surface area contributed by atoms with Gasteiger partial charge in [0.2, 0.25) is 11.8 Å². The summed E-state index contributed by atoms with van der Waals surface area (Å²) in [4.78, 5) is 90.7. The molecule has 4 saturated heterocycles. The van der Waals surface area contributed by atoms with Gasteiger partial charge in [0.15, 0.2) is 0 Å². The first-order valence-electron chi connectivity index (χ1n) is 21.0. The van der Waals surface area contributed by atoms with Crippen LogP contribution >= 0.6 is 0 Å². The van der Waals surface area contributed by atoms with Gasteiger partial charge >= 0.3 is 17.9 Å². The van der Waals surface area contributed by atoms with Gasteiger partial charge in [-0.3, -0.25) is 58.3 Å². The Morgan fingerprint density at radius 3 is 1.92 bits per heavy atom. The number of likely N-dealkylation sites (tertiary alicyclic amines) is 3. The number of carboxylic acid groups (broad SMARTS) is 3. The first kappa shape index (κ1) is 46.9. The van der Waals surface area contributed by atoms with Gasteiger partial charge in [0.25, 0.3) is 11.8 Å². The number of halogens is 2. The highest BCUT2D eigenvalue weighted by Crippen LogP contribution is 2.32. The number of carbonyl (C=O) groups excluding carboxylic acids is 3. The van der Waals surface area contributed by atoms with Crippen molar-refractivity contribution in [2.24, 2.45) is 0 Å². The molecule has 5 heterocycles. The summed E-state index contributed by atoms with van der Waals surface area (Å²) in [5.41, 5.74) is 0.718. The number of carbonyl (C=O) groups is 6. The van der Waals surface area contributed by atoms with E-state index >= 15 is 0 Å². The second-order valence-corrected chi connectivity index (χ2v) is 16.5. The zero-order valence-corrected chi connectivity index (χ0v) is 34.9. The van der Waals surface area contributed by atoms with Crippen molar-refractivity contribution >= 4 is 46.5 Å². The van der Waals surface area contributed by atoms with Gasteiger partial charge in [-0.25, -0.2) is 8.78 Å². The number of ether oxygens (including phenoxy) is 1. The molecule has 6 rings (SSSR count). The molecule has 4 aliphatic heterocycles. The maximum atomic E-state index is 13.8. The molecule has 0 spiro atoms. The van der Waals surface area contributed by atoms with Crippen LogP contribution in [-0.2, 0) is 24.0 Å². The van der Waals surface area contributed by atoms with Crippen molar-refractivity contribution in [2.75, 3.05) is 118 Å². The van der Waals surface area contributed by atoms with Crippen molar-refractivity contribution < 1.29 is 57.6 Å². The monoisotopic (exact) mass is 884 g/mol. The Balaban J connectivity index is 0.976. The second kappa shape index (κ2) is 21.2. The van der Waals surface area contributed by atoms with E-state index in [9.17, 15) is 58.1 Å². The van der Waals surface area contributed by atoms with Crippen LogP contribution in [0.2, 0.25) is 0 Å². The van der Waals surface area contributed by atoms with Gasteiger partial charge in [-0.15, -0.1) is 0 Å². The number of aliphatic carboxylic acids is 3. The zero-order valence-electron chi connectivity index (χ0n) is 34.9. The molecule has 2 bridgehead atoms. The van der Waals surface area contributed by atoms with E-state index in [0.717, 1.165) is 17.9 Å². The summed E-state index contributed by atoms with van der Waals surface area (Å²) in [7, 11) is 0. The van der Waals surface area contributed by atoms with Crippen LogP contribution in [0.3, 0.4) is 0 Å². The van der Waals surface area contributed by atoms with E-state index in [4.69, 9.17) is 4.74 Å². The summed E-state index contributed by atoms with van der Waals surface area (Å²) in [5, 5.41) is 40.6. The number of nitrogens with zero attached hydrogens (tertiary/aromatic N) is 9. The van der Waals surface area contributed by atoms with Crippen molar-refractivity contribution in [3.63, 3.8) is 0 Å². The number of alkyl halides is 2. The number of pyridine rings is 1. The molecule has 63 heavy (non-hydrogen) atoms. The molecule has 3 amide bonds. The molecule has 2 aromatic rings. The van der Waals surface area contributed by atoms with E-state index in [0.29, 0.717) is 82.0 Å². The van der Waals surface area contributed by atoms with E-state index in [1.165, 1.54) is 12.3 Å². The van der Waals surface area contributed by atoms with Crippen molar-refractivity contribution in [1.82, 2.24) is 44.6 Å². The summed E-state index contributed by atoms with van der Waals surface area (Å²) in [5.74, 6) is -7.18. The van der Waals surface area contributed by atoms with Crippen molar-refractivity contribution in [3.8, 4) is 11.8 Å². The third kappa shape index (κ3) is 13.0. The maximum Gasteiger partial charge on any atom is 0.317 e. The summed E-state index contributed by atoms with van der Waals surface area (Å²) >= 11 is 0.